The number of nitrogens with two attached hydrogens (primary N) is 1. The molecule has 0 spiro atoms. The lowest BCUT2D eigenvalue weighted by Gasteiger charge is -2.03. The summed E-state index contributed by atoms with van der Waals surface area (Å²) in [5.74, 6) is 0. The Morgan fingerprint density at radius 3 is 2.63 bits per heavy atom. The first-order chi connectivity index (χ1) is 9.24. The van der Waals surface area contributed by atoms with Crippen molar-refractivity contribution < 1.29 is 0 Å². The van der Waals surface area contributed by atoms with Crippen molar-refractivity contribution in [3.8, 4) is 16.9 Å². The molecule has 0 atom stereocenters. The van der Waals surface area contributed by atoms with Crippen LogP contribution in [0.15, 0.2) is 48.9 Å². The SMILES string of the molecule is Nc1ccc(-n2cc(-c3ccncc3)nn2)c(Cl)c1. The zero-order valence-corrected chi connectivity index (χ0v) is 10.6. The van der Waals surface area contributed by atoms with Gasteiger partial charge in [-0.3, -0.25) is 4.98 Å². The molecule has 0 aliphatic carbocycles. The van der Waals surface area contributed by atoms with E-state index in [2.05, 4.69) is 15.3 Å². The van der Waals surface area contributed by atoms with Crippen LogP contribution in [0.2, 0.25) is 5.02 Å². The van der Waals surface area contributed by atoms with E-state index in [-0.39, 0.29) is 0 Å². The Morgan fingerprint density at radius 1 is 1.11 bits per heavy atom. The molecule has 0 amide bonds. The van der Waals surface area contributed by atoms with E-state index in [4.69, 9.17) is 17.3 Å². The van der Waals surface area contributed by atoms with Gasteiger partial charge in [-0.2, -0.15) is 0 Å². The molecule has 2 aromatic heterocycles. The van der Waals surface area contributed by atoms with Gasteiger partial charge in [0.05, 0.1) is 16.9 Å². The van der Waals surface area contributed by atoms with Crippen molar-refractivity contribution in [1.82, 2.24) is 20.0 Å². The Balaban J connectivity index is 2.02. The van der Waals surface area contributed by atoms with Gasteiger partial charge in [0.1, 0.15) is 5.69 Å². The van der Waals surface area contributed by atoms with E-state index < -0.39 is 0 Å². The normalized spacial score (nSPS) is 10.6. The summed E-state index contributed by atoms with van der Waals surface area (Å²) < 4.78 is 1.62. The van der Waals surface area contributed by atoms with E-state index in [1.165, 1.54) is 0 Å². The standard InChI is InChI=1S/C13H10ClN5/c14-11-7-10(15)1-2-13(11)19-8-12(17-18-19)9-3-5-16-6-4-9/h1-8H,15H2. The summed E-state index contributed by atoms with van der Waals surface area (Å²) in [6.07, 6.45) is 5.24. The maximum Gasteiger partial charge on any atom is 0.113 e. The highest BCUT2D eigenvalue weighted by Crippen LogP contribution is 2.24. The number of hydrogen-bond acceptors (Lipinski definition) is 4. The van der Waals surface area contributed by atoms with Gasteiger partial charge in [-0.25, -0.2) is 4.68 Å². The monoisotopic (exact) mass is 271 g/mol. The quantitative estimate of drug-likeness (QED) is 0.727. The van der Waals surface area contributed by atoms with Crippen molar-refractivity contribution in [3.05, 3.63) is 53.9 Å². The molecule has 0 radical (unpaired) electrons. The predicted octanol–water partition coefficient (Wildman–Crippen LogP) is 2.56. The number of halogens is 1. The van der Waals surface area contributed by atoms with Gasteiger partial charge in [0.25, 0.3) is 0 Å². The summed E-state index contributed by atoms with van der Waals surface area (Å²) >= 11 is 6.14. The number of nitrogens with zero attached hydrogens (tertiary/aromatic N) is 4. The molecule has 94 valence electrons. The Morgan fingerprint density at radius 2 is 1.89 bits per heavy atom. The van der Waals surface area contributed by atoms with Crippen LogP contribution in [0.1, 0.15) is 0 Å². The zero-order valence-electron chi connectivity index (χ0n) is 9.86. The number of rotatable bonds is 2. The van der Waals surface area contributed by atoms with E-state index in [0.29, 0.717) is 10.7 Å². The number of nitrogen functional groups attached to an aromatic ring is 1. The molecule has 19 heavy (non-hydrogen) atoms. The van der Waals surface area contributed by atoms with Crippen LogP contribution < -0.4 is 5.73 Å². The topological polar surface area (TPSA) is 69.6 Å². The van der Waals surface area contributed by atoms with Crippen LogP contribution in [0.5, 0.6) is 0 Å². The number of benzene rings is 1. The van der Waals surface area contributed by atoms with Crippen LogP contribution in [0.4, 0.5) is 5.69 Å². The number of pyridine rings is 1. The summed E-state index contributed by atoms with van der Waals surface area (Å²) in [6, 6.07) is 9.01. The van der Waals surface area contributed by atoms with Crippen LogP contribution in [0, 0.1) is 0 Å². The van der Waals surface area contributed by atoms with Crippen LogP contribution >= 0.6 is 11.6 Å². The smallest absolute Gasteiger partial charge is 0.113 e. The Hall–Kier alpha value is -2.40. The van der Waals surface area contributed by atoms with E-state index >= 15 is 0 Å². The summed E-state index contributed by atoms with van der Waals surface area (Å²) in [5, 5.41) is 8.73. The third kappa shape index (κ3) is 2.28. The van der Waals surface area contributed by atoms with E-state index in [1.807, 2.05) is 24.4 Å². The zero-order chi connectivity index (χ0) is 13.2. The third-order valence-electron chi connectivity index (χ3n) is 2.69. The Kier molecular flexibility index (Phi) is 2.89. The fraction of sp³-hybridized carbons (Fsp3) is 0. The molecule has 0 aliphatic heterocycles. The molecule has 0 aliphatic rings. The molecule has 1 aromatic carbocycles. The van der Waals surface area contributed by atoms with Crippen LogP contribution in [0.25, 0.3) is 16.9 Å². The largest absolute Gasteiger partial charge is 0.399 e. The first kappa shape index (κ1) is 11.7. The molecule has 5 nitrogen and oxygen atoms in total. The van der Waals surface area contributed by atoms with Gasteiger partial charge in [0.15, 0.2) is 0 Å². The highest BCUT2D eigenvalue weighted by Gasteiger charge is 2.08. The maximum absolute atomic E-state index is 6.14. The highest BCUT2D eigenvalue weighted by atomic mass is 35.5. The van der Waals surface area contributed by atoms with Gasteiger partial charge in [0, 0.05) is 23.6 Å². The fourth-order valence-corrected chi connectivity index (χ4v) is 2.02. The number of hydrogen-bond donors (Lipinski definition) is 1. The van der Waals surface area contributed by atoms with E-state index in [9.17, 15) is 0 Å². The lowest BCUT2D eigenvalue weighted by Crippen LogP contribution is -1.96. The van der Waals surface area contributed by atoms with Crippen molar-refractivity contribution in [2.75, 3.05) is 5.73 Å². The molecule has 2 N–H and O–H groups in total. The minimum atomic E-state index is 0.533. The van der Waals surface area contributed by atoms with Crippen LogP contribution in [-0.2, 0) is 0 Å². The second kappa shape index (κ2) is 4.70. The molecule has 3 aromatic rings. The Bertz CT molecular complexity index is 708. The second-order valence-corrected chi connectivity index (χ2v) is 4.40. The third-order valence-corrected chi connectivity index (χ3v) is 2.99. The summed E-state index contributed by atoms with van der Waals surface area (Å²) in [4.78, 5) is 3.97. The number of aromatic nitrogens is 4. The molecule has 0 saturated carbocycles. The highest BCUT2D eigenvalue weighted by molar-refractivity contribution is 6.32. The average Bonchev–Trinajstić information content (AvgIpc) is 2.89. The molecule has 6 heteroatoms. The number of anilines is 1. The van der Waals surface area contributed by atoms with Gasteiger partial charge in [0.2, 0.25) is 0 Å². The minimum Gasteiger partial charge on any atom is -0.399 e. The molecule has 2 heterocycles. The lowest BCUT2D eigenvalue weighted by molar-refractivity contribution is 0.804. The summed E-state index contributed by atoms with van der Waals surface area (Å²) in [6.45, 7) is 0. The second-order valence-electron chi connectivity index (χ2n) is 4.00. The van der Waals surface area contributed by atoms with Crippen molar-refractivity contribution >= 4 is 17.3 Å². The molecule has 0 fully saturated rings. The van der Waals surface area contributed by atoms with E-state index in [1.54, 1.807) is 29.2 Å². The van der Waals surface area contributed by atoms with Gasteiger partial charge >= 0.3 is 0 Å². The molecular weight excluding hydrogens is 262 g/mol. The minimum absolute atomic E-state index is 0.533. The first-order valence-corrected chi connectivity index (χ1v) is 6.00. The fourth-order valence-electron chi connectivity index (χ4n) is 1.75. The van der Waals surface area contributed by atoms with Crippen molar-refractivity contribution in [2.24, 2.45) is 0 Å². The van der Waals surface area contributed by atoms with E-state index in [0.717, 1.165) is 16.9 Å². The van der Waals surface area contributed by atoms with Gasteiger partial charge in [-0.05, 0) is 30.3 Å². The lowest BCUT2D eigenvalue weighted by atomic mass is 10.2. The van der Waals surface area contributed by atoms with Crippen LogP contribution in [0.3, 0.4) is 0 Å². The summed E-state index contributed by atoms with van der Waals surface area (Å²) in [7, 11) is 0. The molecule has 0 saturated heterocycles. The van der Waals surface area contributed by atoms with Crippen LogP contribution in [-0.4, -0.2) is 20.0 Å². The first-order valence-electron chi connectivity index (χ1n) is 5.62. The van der Waals surface area contributed by atoms with Gasteiger partial charge in [-0.1, -0.05) is 16.8 Å². The molecule has 0 bridgehead atoms. The molecular formula is C13H10ClN5. The average molecular weight is 272 g/mol. The molecule has 3 rings (SSSR count). The predicted molar refractivity (Wildman–Crippen MR) is 74.0 cm³/mol. The summed E-state index contributed by atoms with van der Waals surface area (Å²) in [5.41, 5.74) is 8.73. The Labute approximate surface area is 114 Å². The van der Waals surface area contributed by atoms with Gasteiger partial charge < -0.3 is 5.73 Å². The molecule has 0 unspecified atom stereocenters. The van der Waals surface area contributed by atoms with Crippen molar-refractivity contribution in [3.63, 3.8) is 0 Å². The van der Waals surface area contributed by atoms with Crippen molar-refractivity contribution in [1.29, 1.82) is 0 Å². The van der Waals surface area contributed by atoms with Crippen molar-refractivity contribution in [2.45, 2.75) is 0 Å². The maximum atomic E-state index is 6.14. The van der Waals surface area contributed by atoms with Gasteiger partial charge in [-0.15, -0.1) is 5.10 Å².